The standard InChI is InChI=1S/C53H77N9O14/c1-10-31(7)44(61-50(72)40(25-29(3)4)59-47(69)37(54)26-34-15-13-12-14-16-34)51(73)60-41(27-35-18-20-36(64)21-19-35)48(70)55-28-42(65)57-38(22-17-32(8)63)49(71)56-33(9)46(68)58-39(23-24-43(66)67)52(74)62(11-2)45(30(5)6)53(75)76/h11-16,18-21,29-31,33,37-41,44-45,64H,2,10,17,22-28,54H2,1,3-9H3,(H,55,70)(H,56,71)(H,57,65)(H,58,68)(H,59,69)(H,60,73)(H,61,72)(H,66,67)(H,75,76). The fourth-order valence-electron chi connectivity index (χ4n) is 7.84. The number of ketones is 1. The van der Waals surface area contributed by atoms with Crippen LogP contribution in [0.2, 0.25) is 0 Å². The summed E-state index contributed by atoms with van der Waals surface area (Å²) in [4.78, 5) is 146. The highest BCUT2D eigenvalue weighted by atomic mass is 16.4. The molecule has 2 aromatic rings. The van der Waals surface area contributed by atoms with Gasteiger partial charge >= 0.3 is 11.9 Å². The average Bonchev–Trinajstić information content (AvgIpc) is 3.35. The van der Waals surface area contributed by atoms with Crippen molar-refractivity contribution >= 4 is 65.0 Å². The summed E-state index contributed by atoms with van der Waals surface area (Å²) >= 11 is 0. The number of phenols is 1. The van der Waals surface area contributed by atoms with Crippen LogP contribution in [0.5, 0.6) is 5.75 Å². The van der Waals surface area contributed by atoms with Gasteiger partial charge in [-0.3, -0.25) is 43.2 Å². The third kappa shape index (κ3) is 22.0. The van der Waals surface area contributed by atoms with Gasteiger partial charge in [-0.2, -0.15) is 0 Å². The van der Waals surface area contributed by atoms with Gasteiger partial charge in [-0.25, -0.2) is 4.79 Å². The van der Waals surface area contributed by atoms with Crippen LogP contribution in [-0.2, 0) is 65.6 Å². The lowest BCUT2D eigenvalue weighted by Gasteiger charge is -2.32. The van der Waals surface area contributed by atoms with E-state index in [2.05, 4.69) is 43.8 Å². The number of carbonyl (C=O) groups is 11. The molecule has 12 N–H and O–H groups in total. The molecule has 23 heteroatoms. The molecular formula is C53H77N9O14. The van der Waals surface area contributed by atoms with Crippen LogP contribution in [-0.4, -0.2) is 140 Å². The normalized spacial score (nSPS) is 14.6. The largest absolute Gasteiger partial charge is 0.508 e. The van der Waals surface area contributed by atoms with Crippen LogP contribution in [0.3, 0.4) is 0 Å². The van der Waals surface area contributed by atoms with E-state index in [4.69, 9.17) is 5.73 Å². The van der Waals surface area contributed by atoms with Crippen molar-refractivity contribution in [1.82, 2.24) is 42.1 Å². The van der Waals surface area contributed by atoms with E-state index in [-0.39, 0.29) is 49.6 Å². The Morgan fingerprint density at radius 1 is 0.645 bits per heavy atom. The summed E-state index contributed by atoms with van der Waals surface area (Å²) in [7, 11) is 0. The van der Waals surface area contributed by atoms with Gasteiger partial charge in [0.15, 0.2) is 0 Å². The molecule has 9 unspecified atom stereocenters. The smallest absolute Gasteiger partial charge is 0.327 e. The van der Waals surface area contributed by atoms with Gasteiger partial charge in [0.25, 0.3) is 0 Å². The molecule has 0 bridgehead atoms. The van der Waals surface area contributed by atoms with Crippen molar-refractivity contribution < 1.29 is 68.1 Å². The number of benzene rings is 2. The number of carbonyl (C=O) groups excluding carboxylic acids is 9. The number of hydrogen-bond donors (Lipinski definition) is 11. The molecule has 0 fully saturated rings. The summed E-state index contributed by atoms with van der Waals surface area (Å²) in [6, 6.07) is 4.27. The van der Waals surface area contributed by atoms with Crippen LogP contribution in [0.15, 0.2) is 67.4 Å². The first-order chi connectivity index (χ1) is 35.7. The Hall–Kier alpha value is -7.69. The van der Waals surface area contributed by atoms with E-state index in [1.807, 2.05) is 44.2 Å². The summed E-state index contributed by atoms with van der Waals surface area (Å²) < 4.78 is 0. The van der Waals surface area contributed by atoms with Gasteiger partial charge in [0.2, 0.25) is 47.3 Å². The Morgan fingerprint density at radius 2 is 1.21 bits per heavy atom. The first-order valence-electron chi connectivity index (χ1n) is 25.2. The maximum absolute atomic E-state index is 14.2. The molecular weight excluding hydrogens is 987 g/mol. The van der Waals surface area contributed by atoms with E-state index in [9.17, 15) is 68.1 Å². The molecule has 76 heavy (non-hydrogen) atoms. The summed E-state index contributed by atoms with van der Waals surface area (Å²) in [5, 5.41) is 46.9. The summed E-state index contributed by atoms with van der Waals surface area (Å²) in [6.45, 7) is 15.5. The number of nitrogens with two attached hydrogens (primary N) is 1. The Labute approximate surface area is 443 Å². The number of nitrogens with zero attached hydrogens (tertiary/aromatic N) is 1. The van der Waals surface area contributed by atoms with Crippen LogP contribution in [0.25, 0.3) is 0 Å². The first kappa shape index (κ1) is 64.4. The number of rotatable bonds is 33. The molecule has 0 radical (unpaired) electrons. The number of carboxylic acid groups (broad SMARTS) is 2. The van der Waals surface area contributed by atoms with Crippen molar-refractivity contribution in [3.63, 3.8) is 0 Å². The van der Waals surface area contributed by atoms with Gasteiger partial charge in [-0.1, -0.05) is 97.0 Å². The van der Waals surface area contributed by atoms with Gasteiger partial charge in [0.1, 0.15) is 53.8 Å². The molecule has 8 amide bonds. The number of aliphatic carboxylic acids is 2. The van der Waals surface area contributed by atoms with Crippen LogP contribution in [0, 0.1) is 17.8 Å². The van der Waals surface area contributed by atoms with Crippen molar-refractivity contribution in [2.75, 3.05) is 6.54 Å². The molecule has 418 valence electrons. The molecule has 0 spiro atoms. The van der Waals surface area contributed by atoms with E-state index in [1.54, 1.807) is 13.8 Å². The SMILES string of the molecule is C=CN(C(=O)C(CCC(=O)O)NC(=O)C(C)NC(=O)C(CCC(C)=O)NC(=O)CNC(=O)C(Cc1ccc(O)cc1)NC(=O)C(NC(=O)C(CC(C)C)NC(=O)C(N)Cc1ccccc1)C(C)CC)C(C(=O)O)C(C)C. The predicted octanol–water partition coefficient (Wildman–Crippen LogP) is 0.957. The molecule has 0 aliphatic carbocycles. The Bertz CT molecular complexity index is 2350. The zero-order valence-electron chi connectivity index (χ0n) is 44.6. The fourth-order valence-corrected chi connectivity index (χ4v) is 7.84. The highest BCUT2D eigenvalue weighted by molar-refractivity contribution is 5.98. The van der Waals surface area contributed by atoms with E-state index < -0.39 is 139 Å². The lowest BCUT2D eigenvalue weighted by atomic mass is 9.95. The quantitative estimate of drug-likeness (QED) is 0.0474. The average molecular weight is 1060 g/mol. The highest BCUT2D eigenvalue weighted by Gasteiger charge is 2.37. The van der Waals surface area contributed by atoms with Crippen LogP contribution in [0.4, 0.5) is 0 Å². The number of Topliss-reactive ketones (excluding diaryl/α,β-unsaturated/α-hetero) is 1. The molecule has 23 nitrogen and oxygen atoms in total. The first-order valence-corrected chi connectivity index (χ1v) is 25.2. The van der Waals surface area contributed by atoms with Crippen LogP contribution < -0.4 is 43.0 Å². The Balaban J connectivity index is 2.31. The van der Waals surface area contributed by atoms with Crippen molar-refractivity contribution in [3.8, 4) is 5.75 Å². The van der Waals surface area contributed by atoms with Crippen molar-refractivity contribution in [2.45, 2.75) is 155 Å². The second kappa shape index (κ2) is 31.9. The third-order valence-corrected chi connectivity index (χ3v) is 12.3. The Morgan fingerprint density at radius 3 is 1.75 bits per heavy atom. The number of carboxylic acids is 2. The Kier molecular flexibility index (Phi) is 27.0. The van der Waals surface area contributed by atoms with E-state index in [1.165, 1.54) is 52.0 Å². The number of nitrogens with one attached hydrogen (secondary N) is 7. The maximum Gasteiger partial charge on any atom is 0.327 e. The molecule has 9 atom stereocenters. The fraction of sp³-hybridized carbons (Fsp3) is 0.528. The van der Waals surface area contributed by atoms with E-state index in [0.717, 1.165) is 16.7 Å². The van der Waals surface area contributed by atoms with Crippen molar-refractivity contribution in [2.24, 2.45) is 23.5 Å². The number of aromatic hydroxyl groups is 1. The molecule has 0 saturated carbocycles. The van der Waals surface area contributed by atoms with Crippen LogP contribution in [0.1, 0.15) is 105 Å². The third-order valence-electron chi connectivity index (χ3n) is 12.3. The number of amides is 8. The van der Waals surface area contributed by atoms with Crippen molar-refractivity contribution in [3.05, 3.63) is 78.5 Å². The number of phenolic OH excluding ortho intramolecular Hbond substituents is 1. The zero-order chi connectivity index (χ0) is 57.4. The summed E-state index contributed by atoms with van der Waals surface area (Å²) in [5.74, 6) is -11.1. The molecule has 0 saturated heterocycles. The highest BCUT2D eigenvalue weighted by Crippen LogP contribution is 2.17. The molecule has 0 aliphatic heterocycles. The molecule has 0 aromatic heterocycles. The molecule has 2 aromatic carbocycles. The lowest BCUT2D eigenvalue weighted by molar-refractivity contribution is -0.151. The second-order valence-corrected chi connectivity index (χ2v) is 19.5. The van der Waals surface area contributed by atoms with E-state index >= 15 is 0 Å². The molecule has 0 aliphatic rings. The van der Waals surface area contributed by atoms with Gasteiger partial charge < -0.3 is 68.0 Å². The van der Waals surface area contributed by atoms with E-state index in [0.29, 0.717) is 12.0 Å². The lowest BCUT2D eigenvalue weighted by Crippen LogP contribution is -2.60. The monoisotopic (exact) mass is 1060 g/mol. The molecule has 2 rings (SSSR count). The summed E-state index contributed by atoms with van der Waals surface area (Å²) in [5.41, 5.74) is 7.53. The minimum Gasteiger partial charge on any atom is -0.508 e. The number of hydrogen-bond acceptors (Lipinski definition) is 13. The topological polar surface area (TPSA) is 362 Å². The molecule has 0 heterocycles. The van der Waals surface area contributed by atoms with Gasteiger partial charge in [-0.15, -0.1) is 0 Å². The maximum atomic E-state index is 14.2. The van der Waals surface area contributed by atoms with Gasteiger partial charge in [-0.05, 0) is 80.5 Å². The second-order valence-electron chi connectivity index (χ2n) is 19.5. The van der Waals surface area contributed by atoms with Crippen molar-refractivity contribution in [1.29, 1.82) is 0 Å². The summed E-state index contributed by atoms with van der Waals surface area (Å²) in [6.07, 6.45) is 0.0578. The predicted molar refractivity (Wildman–Crippen MR) is 279 cm³/mol. The minimum atomic E-state index is -1.57. The zero-order valence-corrected chi connectivity index (χ0v) is 44.6. The van der Waals surface area contributed by atoms with Crippen LogP contribution >= 0.6 is 0 Å². The van der Waals surface area contributed by atoms with Gasteiger partial charge in [0, 0.05) is 25.5 Å². The van der Waals surface area contributed by atoms with Gasteiger partial charge in [0.05, 0.1) is 12.6 Å². The minimum absolute atomic E-state index is 0.0711.